The van der Waals surface area contributed by atoms with E-state index in [1.54, 1.807) is 0 Å². The first-order valence-corrected chi connectivity index (χ1v) is 11.7. The number of rotatable bonds is 5. The van der Waals surface area contributed by atoms with E-state index in [2.05, 4.69) is 107 Å². The van der Waals surface area contributed by atoms with Crippen molar-refractivity contribution in [3.05, 3.63) is 119 Å². The van der Waals surface area contributed by atoms with Crippen LogP contribution in [0.25, 0.3) is 0 Å². The molecule has 0 amide bonds. The average molecular weight is 453 g/mol. The largest absolute Gasteiger partial charge is 0.351 e. The van der Waals surface area contributed by atoms with Gasteiger partial charge in [0.1, 0.15) is 0 Å². The molecule has 1 fully saturated rings. The van der Waals surface area contributed by atoms with Crippen molar-refractivity contribution in [3.8, 4) is 0 Å². The van der Waals surface area contributed by atoms with Gasteiger partial charge in [0.15, 0.2) is 5.11 Å². The van der Waals surface area contributed by atoms with Gasteiger partial charge in [-0.3, -0.25) is 4.98 Å². The maximum Gasteiger partial charge on any atom is 0.174 e. The fourth-order valence-corrected chi connectivity index (χ4v) is 5.21. The Balaban J connectivity index is 1.63. The Bertz CT molecular complexity index is 1280. The molecule has 0 spiro atoms. The van der Waals surface area contributed by atoms with Crippen LogP contribution in [0.1, 0.15) is 45.9 Å². The van der Waals surface area contributed by atoms with Crippen molar-refractivity contribution in [2.24, 2.45) is 0 Å². The number of benzene rings is 2. The second-order valence-electron chi connectivity index (χ2n) is 8.73. The molecule has 1 aliphatic heterocycles. The van der Waals surface area contributed by atoms with Crippen LogP contribution in [-0.4, -0.2) is 14.7 Å². The Hall–Kier alpha value is -3.44. The summed E-state index contributed by atoms with van der Waals surface area (Å²) >= 11 is 5.89. The summed E-state index contributed by atoms with van der Waals surface area (Å²) in [6.07, 6.45) is 1.85. The summed E-state index contributed by atoms with van der Waals surface area (Å²) in [5.41, 5.74) is 8.37. The standard InChI is InChI=1S/C28H28N4S/c1-19-10-9-13-23(16-19)32-27(26(30-28(32)33)25-14-7-8-15-29-25)24-17-20(2)31(21(24)3)18-22-11-5-4-6-12-22/h4-17,26-27H,18H2,1-3H3,(H,30,33)/t26-,27+/m0/s1. The zero-order valence-corrected chi connectivity index (χ0v) is 20.0. The summed E-state index contributed by atoms with van der Waals surface area (Å²) in [4.78, 5) is 6.95. The lowest BCUT2D eigenvalue weighted by Gasteiger charge is -2.28. The van der Waals surface area contributed by atoms with Crippen LogP contribution in [0.2, 0.25) is 0 Å². The molecule has 1 aliphatic rings. The minimum Gasteiger partial charge on any atom is -0.351 e. The van der Waals surface area contributed by atoms with Gasteiger partial charge in [-0.1, -0.05) is 48.5 Å². The Morgan fingerprint density at radius 1 is 0.909 bits per heavy atom. The van der Waals surface area contributed by atoms with Crippen LogP contribution in [0.4, 0.5) is 5.69 Å². The van der Waals surface area contributed by atoms with Crippen LogP contribution in [-0.2, 0) is 6.54 Å². The quantitative estimate of drug-likeness (QED) is 0.375. The maximum atomic E-state index is 5.89. The van der Waals surface area contributed by atoms with E-state index >= 15 is 0 Å². The second-order valence-corrected chi connectivity index (χ2v) is 9.12. The number of pyridine rings is 1. The highest BCUT2D eigenvalue weighted by atomic mass is 32.1. The summed E-state index contributed by atoms with van der Waals surface area (Å²) in [6.45, 7) is 7.37. The van der Waals surface area contributed by atoms with Gasteiger partial charge >= 0.3 is 0 Å². The van der Waals surface area contributed by atoms with E-state index in [-0.39, 0.29) is 12.1 Å². The van der Waals surface area contributed by atoms with E-state index in [0.29, 0.717) is 0 Å². The van der Waals surface area contributed by atoms with Crippen molar-refractivity contribution in [2.45, 2.75) is 39.4 Å². The predicted molar refractivity (Wildman–Crippen MR) is 139 cm³/mol. The van der Waals surface area contributed by atoms with Gasteiger partial charge in [-0.05, 0) is 80.0 Å². The lowest BCUT2D eigenvalue weighted by atomic mass is 9.96. The Labute approximate surface area is 200 Å². The fourth-order valence-electron chi connectivity index (χ4n) is 4.86. The molecule has 5 heteroatoms. The normalized spacial score (nSPS) is 17.9. The third-order valence-electron chi connectivity index (χ3n) is 6.49. The molecule has 2 atom stereocenters. The number of thiocarbonyl (C=S) groups is 1. The minimum atomic E-state index is -0.0371. The number of hydrogen-bond acceptors (Lipinski definition) is 2. The summed E-state index contributed by atoms with van der Waals surface area (Å²) < 4.78 is 2.40. The molecule has 5 rings (SSSR count). The van der Waals surface area contributed by atoms with Crippen LogP contribution < -0.4 is 10.2 Å². The van der Waals surface area contributed by atoms with Crippen LogP contribution in [0.5, 0.6) is 0 Å². The number of hydrogen-bond donors (Lipinski definition) is 1. The van der Waals surface area contributed by atoms with Gasteiger partial charge in [-0.15, -0.1) is 0 Å². The molecular formula is C28H28N4S. The third kappa shape index (κ3) is 4.05. The van der Waals surface area contributed by atoms with Gasteiger partial charge in [0.05, 0.1) is 17.8 Å². The molecule has 2 aromatic carbocycles. The molecule has 0 radical (unpaired) electrons. The van der Waals surface area contributed by atoms with Gasteiger partial charge in [-0.25, -0.2) is 0 Å². The topological polar surface area (TPSA) is 33.1 Å². The molecule has 2 aromatic heterocycles. The fraction of sp³-hybridized carbons (Fsp3) is 0.214. The van der Waals surface area contributed by atoms with Gasteiger partial charge < -0.3 is 14.8 Å². The van der Waals surface area contributed by atoms with Crippen molar-refractivity contribution < 1.29 is 0 Å². The first-order valence-electron chi connectivity index (χ1n) is 11.3. The van der Waals surface area contributed by atoms with Gasteiger partial charge in [0, 0.05) is 29.8 Å². The summed E-state index contributed by atoms with van der Waals surface area (Å²) in [5.74, 6) is 0. The number of nitrogens with one attached hydrogen (secondary N) is 1. The summed E-state index contributed by atoms with van der Waals surface area (Å²) in [7, 11) is 0. The molecule has 0 unspecified atom stereocenters. The summed E-state index contributed by atoms with van der Waals surface area (Å²) in [5, 5.41) is 4.31. The highest BCUT2D eigenvalue weighted by Gasteiger charge is 2.42. The van der Waals surface area contributed by atoms with Crippen LogP contribution >= 0.6 is 12.2 Å². The van der Waals surface area contributed by atoms with Crippen LogP contribution in [0, 0.1) is 20.8 Å². The van der Waals surface area contributed by atoms with Crippen molar-refractivity contribution in [2.75, 3.05) is 4.90 Å². The lowest BCUT2D eigenvalue weighted by molar-refractivity contribution is 0.563. The van der Waals surface area contributed by atoms with Crippen molar-refractivity contribution in [3.63, 3.8) is 0 Å². The Kier molecular flexibility index (Phi) is 5.73. The lowest BCUT2D eigenvalue weighted by Crippen LogP contribution is -2.29. The SMILES string of the molecule is Cc1cccc(N2C(=S)N[C@@H](c3ccccn3)[C@H]2c2cc(C)n(Cc3ccccc3)c2C)c1. The molecule has 3 heterocycles. The van der Waals surface area contributed by atoms with Crippen molar-refractivity contribution in [1.82, 2.24) is 14.9 Å². The molecule has 1 saturated heterocycles. The van der Waals surface area contributed by atoms with E-state index < -0.39 is 0 Å². The van der Waals surface area contributed by atoms with Crippen LogP contribution in [0.3, 0.4) is 0 Å². The number of anilines is 1. The van der Waals surface area contributed by atoms with E-state index in [1.165, 1.54) is 28.1 Å². The Morgan fingerprint density at radius 3 is 2.42 bits per heavy atom. The minimum absolute atomic E-state index is 0.00456. The molecule has 166 valence electrons. The molecular weight excluding hydrogens is 424 g/mol. The van der Waals surface area contributed by atoms with E-state index in [1.807, 2.05) is 18.3 Å². The average Bonchev–Trinajstić information content (AvgIpc) is 3.31. The number of aromatic nitrogens is 2. The van der Waals surface area contributed by atoms with Gasteiger partial charge in [-0.2, -0.15) is 0 Å². The summed E-state index contributed by atoms with van der Waals surface area (Å²) in [6, 6.07) is 27.5. The highest BCUT2D eigenvalue weighted by Crippen LogP contribution is 2.43. The maximum absolute atomic E-state index is 5.89. The molecule has 0 aliphatic carbocycles. The zero-order chi connectivity index (χ0) is 22.9. The van der Waals surface area contributed by atoms with Crippen molar-refractivity contribution in [1.29, 1.82) is 0 Å². The first-order chi connectivity index (χ1) is 16.0. The van der Waals surface area contributed by atoms with E-state index in [0.717, 1.165) is 23.0 Å². The third-order valence-corrected chi connectivity index (χ3v) is 6.81. The van der Waals surface area contributed by atoms with Gasteiger partial charge in [0.25, 0.3) is 0 Å². The molecule has 0 bridgehead atoms. The molecule has 4 nitrogen and oxygen atoms in total. The Morgan fingerprint density at radius 2 is 1.70 bits per heavy atom. The van der Waals surface area contributed by atoms with Gasteiger partial charge in [0.2, 0.25) is 0 Å². The van der Waals surface area contributed by atoms with Crippen LogP contribution in [0.15, 0.2) is 85.1 Å². The van der Waals surface area contributed by atoms with Crippen molar-refractivity contribution >= 4 is 23.0 Å². The van der Waals surface area contributed by atoms with E-state index in [9.17, 15) is 0 Å². The predicted octanol–water partition coefficient (Wildman–Crippen LogP) is 6.03. The zero-order valence-electron chi connectivity index (χ0n) is 19.2. The molecule has 33 heavy (non-hydrogen) atoms. The molecule has 1 N–H and O–H groups in total. The highest BCUT2D eigenvalue weighted by molar-refractivity contribution is 7.80. The number of nitrogens with zero attached hydrogens (tertiary/aromatic N) is 3. The number of aryl methyl sites for hydroxylation is 2. The molecule has 0 saturated carbocycles. The first kappa shape index (κ1) is 21.4. The molecule has 4 aromatic rings. The second kappa shape index (κ2) is 8.83. The monoisotopic (exact) mass is 452 g/mol. The van der Waals surface area contributed by atoms with E-state index in [4.69, 9.17) is 12.2 Å². The smallest absolute Gasteiger partial charge is 0.174 e.